The van der Waals surface area contributed by atoms with E-state index >= 15 is 0 Å². The molecule has 0 unspecified atom stereocenters. The lowest BCUT2D eigenvalue weighted by Gasteiger charge is -2.34. The fraction of sp³-hybridized carbons (Fsp3) is 0.391. The first-order chi connectivity index (χ1) is 15.1. The van der Waals surface area contributed by atoms with Gasteiger partial charge in [0.15, 0.2) is 5.58 Å². The van der Waals surface area contributed by atoms with Gasteiger partial charge in [0.1, 0.15) is 6.54 Å². The number of fused-ring (bicyclic) bond motifs is 1. The minimum atomic E-state index is -3.71. The summed E-state index contributed by atoms with van der Waals surface area (Å²) < 4.78 is 34.3. The zero-order valence-electron chi connectivity index (χ0n) is 18.4. The summed E-state index contributed by atoms with van der Waals surface area (Å²) in [5.74, 6) is -0.533. The molecule has 1 aliphatic heterocycles. The zero-order valence-corrected chi connectivity index (χ0v) is 19.2. The molecule has 2 atom stereocenters. The van der Waals surface area contributed by atoms with Gasteiger partial charge in [0.2, 0.25) is 15.9 Å². The van der Waals surface area contributed by atoms with E-state index in [-0.39, 0.29) is 34.8 Å². The molecule has 8 nitrogen and oxygen atoms in total. The molecular formula is C23H27N3O5S. The van der Waals surface area contributed by atoms with E-state index in [1.165, 1.54) is 27.1 Å². The predicted molar refractivity (Wildman–Crippen MR) is 122 cm³/mol. The number of piperidine rings is 1. The van der Waals surface area contributed by atoms with Crippen molar-refractivity contribution in [2.75, 3.05) is 18.4 Å². The molecule has 32 heavy (non-hydrogen) atoms. The van der Waals surface area contributed by atoms with Gasteiger partial charge in [-0.2, -0.15) is 4.31 Å². The highest BCUT2D eigenvalue weighted by Gasteiger charge is 2.32. The van der Waals surface area contributed by atoms with E-state index in [9.17, 15) is 18.0 Å². The number of carbonyl (C=O) groups is 1. The smallest absolute Gasteiger partial charge is 0.408 e. The number of hydrogen-bond acceptors (Lipinski definition) is 5. The summed E-state index contributed by atoms with van der Waals surface area (Å²) in [6, 6.07) is 11.7. The van der Waals surface area contributed by atoms with Crippen LogP contribution in [0.4, 0.5) is 5.69 Å². The van der Waals surface area contributed by atoms with Gasteiger partial charge in [-0.05, 0) is 55.0 Å². The Morgan fingerprint density at radius 3 is 2.53 bits per heavy atom. The molecule has 0 saturated carbocycles. The maximum atomic E-state index is 13.2. The van der Waals surface area contributed by atoms with Crippen LogP contribution in [0.25, 0.3) is 11.1 Å². The van der Waals surface area contributed by atoms with Gasteiger partial charge < -0.3 is 9.73 Å². The predicted octanol–water partition coefficient (Wildman–Crippen LogP) is 3.21. The van der Waals surface area contributed by atoms with Crippen molar-refractivity contribution in [1.82, 2.24) is 8.87 Å². The highest BCUT2D eigenvalue weighted by atomic mass is 32.2. The Hall–Kier alpha value is -2.91. The summed E-state index contributed by atoms with van der Waals surface area (Å²) in [4.78, 5) is 24.9. The van der Waals surface area contributed by atoms with E-state index in [1.54, 1.807) is 6.07 Å². The number of rotatable bonds is 5. The van der Waals surface area contributed by atoms with E-state index in [0.29, 0.717) is 24.3 Å². The van der Waals surface area contributed by atoms with Crippen LogP contribution in [-0.2, 0) is 21.4 Å². The van der Waals surface area contributed by atoms with Crippen LogP contribution in [0.2, 0.25) is 0 Å². The number of sulfonamides is 1. The zero-order chi connectivity index (χ0) is 23.0. The van der Waals surface area contributed by atoms with Gasteiger partial charge in [-0.15, -0.1) is 0 Å². The number of benzene rings is 2. The van der Waals surface area contributed by atoms with Gasteiger partial charge in [-0.3, -0.25) is 9.36 Å². The van der Waals surface area contributed by atoms with Crippen molar-refractivity contribution in [2.24, 2.45) is 11.8 Å². The summed E-state index contributed by atoms with van der Waals surface area (Å²) in [7, 11) is -3.71. The van der Waals surface area contributed by atoms with Crippen molar-refractivity contribution >= 4 is 32.7 Å². The molecule has 1 fully saturated rings. The summed E-state index contributed by atoms with van der Waals surface area (Å²) in [5.41, 5.74) is 2.14. The second-order valence-corrected chi connectivity index (χ2v) is 10.7. The number of anilines is 1. The monoisotopic (exact) mass is 457 g/mol. The molecule has 0 radical (unpaired) electrons. The first-order valence-corrected chi connectivity index (χ1v) is 12.1. The average molecular weight is 458 g/mol. The molecule has 2 heterocycles. The van der Waals surface area contributed by atoms with Crippen LogP contribution in [0.15, 0.2) is 56.6 Å². The summed E-state index contributed by atoms with van der Waals surface area (Å²) in [5, 5.41) is 2.76. The maximum Gasteiger partial charge on any atom is 0.420 e. The fourth-order valence-corrected chi connectivity index (χ4v) is 6.07. The van der Waals surface area contributed by atoms with Crippen molar-refractivity contribution < 1.29 is 17.6 Å². The minimum Gasteiger partial charge on any atom is -0.408 e. The normalized spacial score (nSPS) is 19.8. The first kappa shape index (κ1) is 22.3. The Balaban J connectivity index is 1.59. The van der Waals surface area contributed by atoms with Crippen LogP contribution < -0.4 is 11.1 Å². The Morgan fingerprint density at radius 1 is 1.12 bits per heavy atom. The van der Waals surface area contributed by atoms with Crippen LogP contribution in [0.1, 0.15) is 25.8 Å². The quantitative estimate of drug-likeness (QED) is 0.634. The number of aromatic nitrogens is 1. The molecule has 0 aliphatic carbocycles. The van der Waals surface area contributed by atoms with E-state index < -0.39 is 15.8 Å². The lowest BCUT2D eigenvalue weighted by atomic mass is 9.94. The third-order valence-corrected chi connectivity index (χ3v) is 7.54. The lowest BCUT2D eigenvalue weighted by Crippen LogP contribution is -2.42. The Morgan fingerprint density at radius 2 is 1.84 bits per heavy atom. The van der Waals surface area contributed by atoms with E-state index in [0.717, 1.165) is 12.0 Å². The number of carbonyl (C=O) groups excluding carboxylic acids is 1. The van der Waals surface area contributed by atoms with Crippen molar-refractivity contribution in [3.8, 4) is 0 Å². The third kappa shape index (κ3) is 4.49. The third-order valence-electron chi connectivity index (χ3n) is 5.72. The SMILES string of the molecule is Cc1cccc(NC(=O)Cn2c(=O)oc3cc(S(=O)(=O)N4C[C@@H](C)C[C@H](C)C4)ccc32)c1. The number of hydrogen-bond donors (Lipinski definition) is 1. The van der Waals surface area contributed by atoms with Gasteiger partial charge in [0.05, 0.1) is 10.4 Å². The van der Waals surface area contributed by atoms with Crippen molar-refractivity contribution in [3.63, 3.8) is 0 Å². The lowest BCUT2D eigenvalue weighted by molar-refractivity contribution is -0.116. The molecule has 0 spiro atoms. The van der Waals surface area contributed by atoms with Gasteiger partial charge in [-0.1, -0.05) is 26.0 Å². The van der Waals surface area contributed by atoms with Crippen molar-refractivity contribution in [1.29, 1.82) is 0 Å². The molecule has 1 aliphatic rings. The topological polar surface area (TPSA) is 102 Å². The molecule has 1 aromatic heterocycles. The van der Waals surface area contributed by atoms with Crippen LogP contribution >= 0.6 is 0 Å². The number of oxazole rings is 1. The van der Waals surface area contributed by atoms with Crippen molar-refractivity contribution in [3.05, 3.63) is 58.6 Å². The molecule has 1 amide bonds. The van der Waals surface area contributed by atoms with E-state index in [4.69, 9.17) is 4.42 Å². The van der Waals surface area contributed by atoms with Gasteiger partial charge in [0, 0.05) is 24.8 Å². The number of aryl methyl sites for hydroxylation is 1. The molecule has 9 heteroatoms. The van der Waals surface area contributed by atoms with Crippen LogP contribution in [-0.4, -0.2) is 36.3 Å². The summed E-state index contributed by atoms with van der Waals surface area (Å²) >= 11 is 0. The highest BCUT2D eigenvalue weighted by molar-refractivity contribution is 7.89. The standard InChI is InChI=1S/C23H27N3O5S/c1-15-5-4-6-18(10-15)24-22(27)14-26-20-8-7-19(11-21(20)31-23(26)28)32(29,30)25-12-16(2)9-17(3)13-25/h4-8,10-11,16-17H,9,12-14H2,1-3H3,(H,24,27)/t16-,17-/m0/s1. The summed E-state index contributed by atoms with van der Waals surface area (Å²) in [6.45, 7) is 6.70. The minimum absolute atomic E-state index is 0.0800. The first-order valence-electron chi connectivity index (χ1n) is 10.6. The molecule has 1 N–H and O–H groups in total. The Kier molecular flexibility index (Phi) is 5.96. The summed E-state index contributed by atoms with van der Waals surface area (Å²) in [6.07, 6.45) is 0.993. The van der Waals surface area contributed by atoms with Crippen molar-refractivity contribution in [2.45, 2.75) is 38.6 Å². The molecular weight excluding hydrogens is 430 g/mol. The number of amides is 1. The van der Waals surface area contributed by atoms with Crippen LogP contribution in [0.5, 0.6) is 0 Å². The average Bonchev–Trinajstić information content (AvgIpc) is 3.01. The van der Waals surface area contributed by atoms with Gasteiger partial charge in [0.25, 0.3) is 0 Å². The number of nitrogens with zero attached hydrogens (tertiary/aromatic N) is 2. The fourth-order valence-electron chi connectivity index (χ4n) is 4.37. The maximum absolute atomic E-state index is 13.2. The van der Waals surface area contributed by atoms with E-state index in [1.807, 2.05) is 39.0 Å². The Bertz CT molecular complexity index is 1310. The molecule has 2 aromatic carbocycles. The van der Waals surface area contributed by atoms with Crippen LogP contribution in [0.3, 0.4) is 0 Å². The molecule has 1 saturated heterocycles. The largest absolute Gasteiger partial charge is 0.420 e. The second-order valence-electron chi connectivity index (χ2n) is 8.77. The molecule has 170 valence electrons. The highest BCUT2D eigenvalue weighted by Crippen LogP contribution is 2.28. The molecule has 0 bridgehead atoms. The number of nitrogens with one attached hydrogen (secondary N) is 1. The van der Waals surface area contributed by atoms with Gasteiger partial charge in [-0.25, -0.2) is 13.2 Å². The van der Waals surface area contributed by atoms with Crippen LogP contribution in [0, 0.1) is 18.8 Å². The molecule has 4 rings (SSSR count). The van der Waals surface area contributed by atoms with Gasteiger partial charge >= 0.3 is 5.76 Å². The van der Waals surface area contributed by atoms with E-state index in [2.05, 4.69) is 5.32 Å². The molecule has 3 aromatic rings. The Labute approximate surface area is 186 Å². The second kappa shape index (κ2) is 8.55.